The topological polar surface area (TPSA) is 98.1 Å². The molecule has 0 aromatic heterocycles. The summed E-state index contributed by atoms with van der Waals surface area (Å²) in [6.45, 7) is 1.95. The summed E-state index contributed by atoms with van der Waals surface area (Å²) >= 11 is 0. The summed E-state index contributed by atoms with van der Waals surface area (Å²) < 4.78 is 26.7. The van der Waals surface area contributed by atoms with Gasteiger partial charge < -0.3 is 15.3 Å². The van der Waals surface area contributed by atoms with Crippen LogP contribution >= 0.6 is 0 Å². The quantitative estimate of drug-likeness (QED) is 0.612. The zero-order chi connectivity index (χ0) is 23.3. The van der Waals surface area contributed by atoms with Gasteiger partial charge in [-0.25, -0.2) is 18.4 Å². The molecule has 3 aliphatic heterocycles. The van der Waals surface area contributed by atoms with Crippen molar-refractivity contribution in [2.75, 3.05) is 13.1 Å². The molecule has 3 N–H and O–H groups in total. The van der Waals surface area contributed by atoms with Crippen LogP contribution < -0.4 is 0 Å². The number of fused-ring (bicyclic) bond motifs is 3. The molecule has 0 spiro atoms. The van der Waals surface area contributed by atoms with Crippen molar-refractivity contribution in [2.45, 2.75) is 30.9 Å². The number of aliphatic hydroxyl groups is 1. The molecule has 3 fully saturated rings. The van der Waals surface area contributed by atoms with Gasteiger partial charge in [0.2, 0.25) is 0 Å². The fraction of sp³-hybridized carbons (Fsp3) is 0.333. The van der Waals surface area contributed by atoms with E-state index in [1.165, 1.54) is 24.3 Å². The summed E-state index contributed by atoms with van der Waals surface area (Å²) in [5.74, 6) is -2.84. The summed E-state index contributed by atoms with van der Waals surface area (Å²) in [6, 6.07) is 12.9. The van der Waals surface area contributed by atoms with E-state index in [2.05, 4.69) is 4.90 Å². The van der Waals surface area contributed by atoms with E-state index in [4.69, 9.17) is 10.2 Å². The average Bonchev–Trinajstić information content (AvgIpc) is 2.77. The third-order valence-corrected chi connectivity index (χ3v) is 6.00. The number of halogens is 2. The second-order valence-corrected chi connectivity index (χ2v) is 7.95. The van der Waals surface area contributed by atoms with Crippen molar-refractivity contribution in [3.8, 4) is 0 Å². The van der Waals surface area contributed by atoms with Crippen LogP contribution in [0.4, 0.5) is 8.78 Å². The van der Waals surface area contributed by atoms with Gasteiger partial charge in [-0.3, -0.25) is 4.90 Å². The molecule has 0 saturated carbocycles. The van der Waals surface area contributed by atoms with Crippen molar-refractivity contribution in [2.24, 2.45) is 5.92 Å². The monoisotopic (exact) mass is 445 g/mol. The molecule has 8 heteroatoms. The predicted octanol–water partition coefficient (Wildman–Crippen LogP) is 3.26. The minimum Gasteiger partial charge on any atom is -0.478 e. The molecule has 2 atom stereocenters. The van der Waals surface area contributed by atoms with Gasteiger partial charge in [-0.05, 0) is 67.2 Å². The van der Waals surface area contributed by atoms with Crippen LogP contribution in [0.5, 0.6) is 0 Å². The summed E-state index contributed by atoms with van der Waals surface area (Å²) in [5, 5.41) is 26.5. The Bertz CT molecular complexity index is 890. The first kappa shape index (κ1) is 23.6. The fourth-order valence-corrected chi connectivity index (χ4v) is 4.53. The molecule has 3 heterocycles. The average molecular weight is 445 g/mol. The Morgan fingerprint density at radius 2 is 1.25 bits per heavy atom. The number of carbonyl (C=O) groups is 2. The van der Waals surface area contributed by atoms with E-state index in [1.807, 2.05) is 0 Å². The van der Waals surface area contributed by atoms with Gasteiger partial charge in [0.1, 0.15) is 11.6 Å². The Labute approximate surface area is 184 Å². The Balaban J connectivity index is 0.000000312. The van der Waals surface area contributed by atoms with Gasteiger partial charge in [-0.15, -0.1) is 0 Å². The van der Waals surface area contributed by atoms with Gasteiger partial charge in [0.25, 0.3) is 0 Å². The first-order valence-corrected chi connectivity index (χ1v) is 10.3. The number of benzene rings is 2. The van der Waals surface area contributed by atoms with Crippen molar-refractivity contribution < 1.29 is 33.7 Å². The highest BCUT2D eigenvalue weighted by atomic mass is 19.1. The Kier molecular flexibility index (Phi) is 7.71. The lowest BCUT2D eigenvalue weighted by Gasteiger charge is -2.51. The molecule has 2 aromatic carbocycles. The number of aliphatic hydroxyl groups excluding tert-OH is 1. The van der Waals surface area contributed by atoms with Crippen LogP contribution in [-0.4, -0.2) is 57.4 Å². The highest BCUT2D eigenvalue weighted by Gasteiger charge is 2.45. The largest absolute Gasteiger partial charge is 0.478 e. The maximum Gasteiger partial charge on any atom is 0.328 e. The third kappa shape index (κ3) is 5.77. The van der Waals surface area contributed by atoms with Gasteiger partial charge >= 0.3 is 11.9 Å². The first-order chi connectivity index (χ1) is 15.3. The maximum absolute atomic E-state index is 13.4. The Morgan fingerprint density at radius 3 is 1.59 bits per heavy atom. The second kappa shape index (κ2) is 10.5. The number of carboxylic acid groups (broad SMARTS) is 2. The van der Waals surface area contributed by atoms with E-state index in [0.29, 0.717) is 18.1 Å². The van der Waals surface area contributed by atoms with E-state index >= 15 is 0 Å². The van der Waals surface area contributed by atoms with Gasteiger partial charge in [0.15, 0.2) is 0 Å². The predicted molar refractivity (Wildman–Crippen MR) is 113 cm³/mol. The minimum absolute atomic E-state index is 0.0478. The minimum atomic E-state index is -1.26. The van der Waals surface area contributed by atoms with E-state index in [-0.39, 0.29) is 23.6 Å². The van der Waals surface area contributed by atoms with Gasteiger partial charge in [-0.2, -0.15) is 0 Å². The second-order valence-electron chi connectivity index (χ2n) is 7.95. The molecule has 170 valence electrons. The van der Waals surface area contributed by atoms with Crippen LogP contribution in [-0.2, 0) is 9.59 Å². The molecule has 2 bridgehead atoms. The first-order valence-electron chi connectivity index (χ1n) is 10.3. The van der Waals surface area contributed by atoms with Crippen LogP contribution in [0.15, 0.2) is 60.7 Å². The number of rotatable bonds is 5. The highest BCUT2D eigenvalue weighted by Crippen LogP contribution is 2.41. The maximum atomic E-state index is 13.4. The molecule has 3 saturated heterocycles. The lowest BCUT2D eigenvalue weighted by molar-refractivity contribution is -0.134. The van der Waals surface area contributed by atoms with Gasteiger partial charge in [0.05, 0.1) is 6.10 Å². The third-order valence-electron chi connectivity index (χ3n) is 6.00. The Hall–Kier alpha value is -3.10. The van der Waals surface area contributed by atoms with Gasteiger partial charge in [0, 0.05) is 24.1 Å². The molecule has 3 aliphatic rings. The fourth-order valence-electron chi connectivity index (χ4n) is 4.53. The van der Waals surface area contributed by atoms with Crippen molar-refractivity contribution in [3.63, 3.8) is 0 Å². The number of nitrogens with zero attached hydrogens (tertiary/aromatic N) is 1. The smallest absolute Gasteiger partial charge is 0.328 e. The number of piperidine rings is 3. The van der Waals surface area contributed by atoms with E-state index in [0.717, 1.165) is 37.1 Å². The van der Waals surface area contributed by atoms with Crippen LogP contribution in [0.3, 0.4) is 0 Å². The SMILES string of the molecule is O=C(O)/C=C/C(=O)O.OC1C2CCN(CC2)C1C(c1ccc(F)cc1)c1ccc(F)cc1. The Morgan fingerprint density at radius 1 is 0.844 bits per heavy atom. The molecule has 5 rings (SSSR count). The molecule has 2 unspecified atom stereocenters. The lowest BCUT2D eigenvalue weighted by atomic mass is 9.72. The molecular formula is C24H25F2NO5. The molecule has 32 heavy (non-hydrogen) atoms. The standard InChI is InChI=1S/C20H21F2NO.C4H4O4/c21-16-5-1-13(2-6-16)18(14-3-7-17(22)8-4-14)19-20(24)15-9-11-23(19)12-10-15;5-3(6)1-2-4(7)8/h1-8,15,18-20,24H,9-12H2;1-2H,(H,5,6)(H,7,8)/b;2-1+. The van der Waals surface area contributed by atoms with E-state index in [9.17, 15) is 23.5 Å². The zero-order valence-electron chi connectivity index (χ0n) is 17.3. The number of carboxylic acids is 2. The normalized spacial score (nSPS) is 24.2. The summed E-state index contributed by atoms with van der Waals surface area (Å²) in [5.41, 5.74) is 1.92. The molecule has 0 radical (unpaired) electrons. The van der Waals surface area contributed by atoms with Crippen molar-refractivity contribution in [3.05, 3.63) is 83.4 Å². The molecule has 0 amide bonds. The lowest BCUT2D eigenvalue weighted by Crippen LogP contribution is -2.60. The summed E-state index contributed by atoms with van der Waals surface area (Å²) in [6.07, 6.45) is 2.76. The van der Waals surface area contributed by atoms with Gasteiger partial charge in [-0.1, -0.05) is 24.3 Å². The number of hydrogen-bond acceptors (Lipinski definition) is 4. The molecule has 2 aromatic rings. The number of aliphatic carboxylic acids is 2. The van der Waals surface area contributed by atoms with Crippen LogP contribution in [0, 0.1) is 17.6 Å². The summed E-state index contributed by atoms with van der Waals surface area (Å²) in [4.78, 5) is 21.4. The van der Waals surface area contributed by atoms with Crippen LogP contribution in [0.1, 0.15) is 29.9 Å². The molecular weight excluding hydrogens is 420 g/mol. The number of hydrogen-bond donors (Lipinski definition) is 3. The van der Waals surface area contributed by atoms with Crippen molar-refractivity contribution in [1.82, 2.24) is 4.90 Å². The van der Waals surface area contributed by atoms with Crippen LogP contribution in [0.2, 0.25) is 0 Å². The molecule has 0 aliphatic carbocycles. The van der Waals surface area contributed by atoms with E-state index < -0.39 is 18.0 Å². The highest BCUT2D eigenvalue weighted by molar-refractivity contribution is 5.89. The molecule has 6 nitrogen and oxygen atoms in total. The van der Waals surface area contributed by atoms with Crippen molar-refractivity contribution >= 4 is 11.9 Å². The van der Waals surface area contributed by atoms with Crippen LogP contribution in [0.25, 0.3) is 0 Å². The van der Waals surface area contributed by atoms with E-state index in [1.54, 1.807) is 24.3 Å². The zero-order valence-corrected chi connectivity index (χ0v) is 17.3. The van der Waals surface area contributed by atoms with Crippen molar-refractivity contribution in [1.29, 1.82) is 0 Å². The summed E-state index contributed by atoms with van der Waals surface area (Å²) in [7, 11) is 0.